The Morgan fingerprint density at radius 3 is 2.24 bits per heavy atom. The average molecular weight is 303 g/mol. The summed E-state index contributed by atoms with van der Waals surface area (Å²) in [5.74, 6) is -0.227. The highest BCUT2D eigenvalue weighted by molar-refractivity contribution is 6.34. The first kappa shape index (κ1) is 15.4. The molecule has 2 aromatic carbocycles. The zero-order valence-corrected chi connectivity index (χ0v) is 13.2. The van der Waals surface area contributed by atoms with Crippen LogP contribution < -0.4 is 11.1 Å². The fourth-order valence-electron chi connectivity index (χ4n) is 1.98. The van der Waals surface area contributed by atoms with E-state index in [0.29, 0.717) is 22.0 Å². The number of anilines is 2. The number of nitrogen functional groups attached to an aromatic ring is 1. The van der Waals surface area contributed by atoms with Gasteiger partial charge in [-0.05, 0) is 35.2 Å². The monoisotopic (exact) mass is 302 g/mol. The second-order valence-electron chi connectivity index (χ2n) is 5.99. The molecule has 2 aromatic rings. The highest BCUT2D eigenvalue weighted by atomic mass is 35.5. The molecule has 0 saturated carbocycles. The van der Waals surface area contributed by atoms with E-state index in [1.165, 1.54) is 5.56 Å². The molecule has 0 aliphatic rings. The maximum atomic E-state index is 12.3. The molecule has 4 heteroatoms. The minimum atomic E-state index is -0.227. The van der Waals surface area contributed by atoms with Gasteiger partial charge in [-0.2, -0.15) is 0 Å². The molecule has 2 rings (SSSR count). The Morgan fingerprint density at radius 2 is 1.71 bits per heavy atom. The van der Waals surface area contributed by atoms with E-state index in [9.17, 15) is 4.79 Å². The van der Waals surface area contributed by atoms with Crippen LogP contribution in [0.2, 0.25) is 5.02 Å². The van der Waals surface area contributed by atoms with Crippen LogP contribution in [0.1, 0.15) is 36.7 Å². The van der Waals surface area contributed by atoms with Crippen molar-refractivity contribution < 1.29 is 4.79 Å². The Morgan fingerprint density at radius 1 is 1.10 bits per heavy atom. The molecule has 0 radical (unpaired) electrons. The van der Waals surface area contributed by atoms with Gasteiger partial charge in [-0.1, -0.05) is 50.6 Å². The van der Waals surface area contributed by atoms with E-state index in [-0.39, 0.29) is 11.3 Å². The Balaban J connectivity index is 2.21. The van der Waals surface area contributed by atoms with E-state index < -0.39 is 0 Å². The smallest absolute Gasteiger partial charge is 0.255 e. The number of carbonyl (C=O) groups is 1. The Bertz CT molecular complexity index is 637. The maximum Gasteiger partial charge on any atom is 0.255 e. The highest BCUT2D eigenvalue weighted by Crippen LogP contribution is 2.28. The van der Waals surface area contributed by atoms with E-state index >= 15 is 0 Å². The Kier molecular flexibility index (Phi) is 4.24. The van der Waals surface area contributed by atoms with Gasteiger partial charge in [-0.25, -0.2) is 0 Å². The molecule has 0 unspecified atom stereocenters. The van der Waals surface area contributed by atoms with E-state index in [1.807, 2.05) is 24.3 Å². The Labute approximate surface area is 130 Å². The van der Waals surface area contributed by atoms with Gasteiger partial charge < -0.3 is 11.1 Å². The molecule has 21 heavy (non-hydrogen) atoms. The zero-order chi connectivity index (χ0) is 15.6. The minimum Gasteiger partial charge on any atom is -0.397 e. The number of nitrogens with one attached hydrogen (secondary N) is 1. The topological polar surface area (TPSA) is 55.1 Å². The van der Waals surface area contributed by atoms with Crippen molar-refractivity contribution >= 4 is 28.9 Å². The highest BCUT2D eigenvalue weighted by Gasteiger charge is 2.15. The normalized spacial score (nSPS) is 11.2. The van der Waals surface area contributed by atoms with Crippen LogP contribution in [0.25, 0.3) is 0 Å². The lowest BCUT2D eigenvalue weighted by molar-refractivity contribution is 0.102. The number of carbonyl (C=O) groups excluding carboxylic acids is 1. The van der Waals surface area contributed by atoms with Crippen molar-refractivity contribution in [2.24, 2.45) is 0 Å². The van der Waals surface area contributed by atoms with Gasteiger partial charge in [0.15, 0.2) is 0 Å². The van der Waals surface area contributed by atoms with Gasteiger partial charge in [-0.15, -0.1) is 0 Å². The molecular formula is C17H19ClN2O. The van der Waals surface area contributed by atoms with E-state index in [2.05, 4.69) is 26.1 Å². The average Bonchev–Trinajstić information content (AvgIpc) is 2.42. The molecule has 1 amide bonds. The standard InChI is InChI=1S/C17H19ClN2O/c1-17(2,3)12-9-7-11(8-10-12)16(21)20-15-13(18)5-4-6-14(15)19/h4-10H,19H2,1-3H3,(H,20,21). The lowest BCUT2D eigenvalue weighted by Gasteiger charge is -2.19. The molecule has 0 saturated heterocycles. The molecule has 0 spiro atoms. The third kappa shape index (κ3) is 3.56. The van der Waals surface area contributed by atoms with Crippen molar-refractivity contribution in [2.45, 2.75) is 26.2 Å². The number of benzene rings is 2. The third-order valence-corrected chi connectivity index (χ3v) is 3.61. The first-order chi connectivity index (χ1) is 9.79. The van der Waals surface area contributed by atoms with Crippen molar-refractivity contribution in [3.8, 4) is 0 Å². The van der Waals surface area contributed by atoms with Gasteiger partial charge in [0.25, 0.3) is 5.91 Å². The summed E-state index contributed by atoms with van der Waals surface area (Å²) >= 11 is 6.05. The quantitative estimate of drug-likeness (QED) is 0.804. The van der Waals surface area contributed by atoms with Crippen LogP contribution in [0.3, 0.4) is 0 Å². The predicted molar refractivity (Wildman–Crippen MR) is 89.0 cm³/mol. The van der Waals surface area contributed by atoms with Crippen LogP contribution in [0.5, 0.6) is 0 Å². The molecule has 0 heterocycles. The fourth-order valence-corrected chi connectivity index (χ4v) is 2.21. The molecule has 0 aromatic heterocycles. The number of nitrogens with two attached hydrogens (primary N) is 1. The van der Waals surface area contributed by atoms with Crippen LogP contribution in [-0.2, 0) is 5.41 Å². The number of rotatable bonds is 2. The van der Waals surface area contributed by atoms with Crippen LogP contribution in [0.15, 0.2) is 42.5 Å². The molecule has 0 fully saturated rings. The summed E-state index contributed by atoms with van der Waals surface area (Å²) in [5.41, 5.74) is 8.53. The maximum absolute atomic E-state index is 12.3. The van der Waals surface area contributed by atoms with E-state index in [4.69, 9.17) is 17.3 Å². The van der Waals surface area contributed by atoms with Crippen LogP contribution >= 0.6 is 11.6 Å². The second-order valence-corrected chi connectivity index (χ2v) is 6.39. The van der Waals surface area contributed by atoms with Gasteiger partial charge in [-0.3, -0.25) is 4.79 Å². The summed E-state index contributed by atoms with van der Waals surface area (Å²) in [6.07, 6.45) is 0. The summed E-state index contributed by atoms with van der Waals surface area (Å²) in [4.78, 5) is 12.3. The summed E-state index contributed by atoms with van der Waals surface area (Å²) < 4.78 is 0. The number of halogens is 1. The molecule has 0 bridgehead atoms. The van der Waals surface area contributed by atoms with E-state index in [1.54, 1.807) is 18.2 Å². The summed E-state index contributed by atoms with van der Waals surface area (Å²) in [6, 6.07) is 12.7. The predicted octanol–water partition coefficient (Wildman–Crippen LogP) is 4.47. The lowest BCUT2D eigenvalue weighted by atomic mass is 9.87. The van der Waals surface area contributed by atoms with Gasteiger partial charge >= 0.3 is 0 Å². The SMILES string of the molecule is CC(C)(C)c1ccc(C(=O)Nc2c(N)cccc2Cl)cc1. The molecule has 3 N–H and O–H groups in total. The van der Waals surface area contributed by atoms with Crippen molar-refractivity contribution in [1.29, 1.82) is 0 Å². The Hall–Kier alpha value is -2.00. The summed E-state index contributed by atoms with van der Waals surface area (Å²) in [7, 11) is 0. The van der Waals surface area contributed by atoms with E-state index in [0.717, 1.165) is 0 Å². The number of amides is 1. The van der Waals surface area contributed by atoms with Gasteiger partial charge in [0.2, 0.25) is 0 Å². The first-order valence-corrected chi connectivity index (χ1v) is 7.13. The van der Waals surface area contributed by atoms with Crippen LogP contribution in [0.4, 0.5) is 11.4 Å². The number of hydrogen-bond acceptors (Lipinski definition) is 2. The van der Waals surface area contributed by atoms with Gasteiger partial charge in [0.05, 0.1) is 16.4 Å². The largest absolute Gasteiger partial charge is 0.397 e. The number of para-hydroxylation sites is 1. The summed E-state index contributed by atoms with van der Waals surface area (Å²) in [5, 5.41) is 3.18. The molecule has 0 atom stereocenters. The van der Waals surface area contributed by atoms with Crippen LogP contribution in [-0.4, -0.2) is 5.91 Å². The lowest BCUT2D eigenvalue weighted by Crippen LogP contribution is -2.15. The van der Waals surface area contributed by atoms with Gasteiger partial charge in [0, 0.05) is 5.56 Å². The number of hydrogen-bond donors (Lipinski definition) is 2. The molecule has 110 valence electrons. The molecular weight excluding hydrogens is 284 g/mol. The fraction of sp³-hybridized carbons (Fsp3) is 0.235. The molecule has 0 aliphatic heterocycles. The summed E-state index contributed by atoms with van der Waals surface area (Å²) in [6.45, 7) is 6.39. The van der Waals surface area contributed by atoms with Crippen molar-refractivity contribution in [3.05, 3.63) is 58.6 Å². The van der Waals surface area contributed by atoms with Crippen molar-refractivity contribution in [1.82, 2.24) is 0 Å². The van der Waals surface area contributed by atoms with Crippen molar-refractivity contribution in [3.63, 3.8) is 0 Å². The second kappa shape index (κ2) is 5.78. The van der Waals surface area contributed by atoms with Crippen LogP contribution in [0, 0.1) is 0 Å². The zero-order valence-electron chi connectivity index (χ0n) is 12.4. The van der Waals surface area contributed by atoms with Crippen molar-refractivity contribution in [2.75, 3.05) is 11.1 Å². The molecule has 0 aliphatic carbocycles. The molecule has 3 nitrogen and oxygen atoms in total. The minimum absolute atomic E-state index is 0.0577. The van der Waals surface area contributed by atoms with Gasteiger partial charge in [0.1, 0.15) is 0 Å². The first-order valence-electron chi connectivity index (χ1n) is 6.75. The third-order valence-electron chi connectivity index (χ3n) is 3.30.